The van der Waals surface area contributed by atoms with E-state index in [1.165, 1.54) is 6.92 Å². The average Bonchev–Trinajstić information content (AvgIpc) is 3.03. The molecule has 0 amide bonds. The molecule has 0 unspecified atom stereocenters. The molecule has 3 aromatic rings. The summed E-state index contributed by atoms with van der Waals surface area (Å²) in [6.45, 7) is 1.53. The molecule has 0 bridgehead atoms. The number of benzene rings is 2. The van der Waals surface area contributed by atoms with E-state index in [-0.39, 0.29) is 41.7 Å². The second kappa shape index (κ2) is 8.14. The normalized spacial score (nSPS) is 11.9. The first-order valence-corrected chi connectivity index (χ1v) is 8.76. The number of aryl methyl sites for hydroxylation is 1. The van der Waals surface area contributed by atoms with Crippen molar-refractivity contribution in [3.63, 3.8) is 0 Å². The molecule has 0 aliphatic rings. The molecule has 138 valence electrons. The zero-order chi connectivity index (χ0) is 19.4. The predicted octanol–water partition coefficient (Wildman–Crippen LogP) is 5.14. The van der Waals surface area contributed by atoms with Gasteiger partial charge in [0.1, 0.15) is 0 Å². The lowest BCUT2D eigenvalue weighted by Gasteiger charge is -2.15. The van der Waals surface area contributed by atoms with Gasteiger partial charge in [-0.05, 0) is 30.5 Å². The number of rotatable bonds is 7. The molecule has 0 saturated heterocycles. The van der Waals surface area contributed by atoms with Crippen molar-refractivity contribution in [2.45, 2.75) is 25.7 Å². The van der Waals surface area contributed by atoms with Crippen molar-refractivity contribution in [1.29, 1.82) is 0 Å². The van der Waals surface area contributed by atoms with Crippen LogP contribution >= 0.6 is 11.6 Å². The van der Waals surface area contributed by atoms with E-state index >= 15 is 0 Å². The fourth-order valence-corrected chi connectivity index (χ4v) is 3.14. The Hall–Kier alpha value is -2.99. The summed E-state index contributed by atoms with van der Waals surface area (Å²) in [6, 6.07) is 16.1. The fourth-order valence-electron chi connectivity index (χ4n) is 3.01. The number of hydrogen-bond donors (Lipinski definition) is 0. The molecule has 3 rings (SSSR count). The van der Waals surface area contributed by atoms with Crippen molar-refractivity contribution in [2.24, 2.45) is 0 Å². The lowest BCUT2D eigenvalue weighted by Crippen LogP contribution is -2.11. The standard InChI is InChI=1S/C20H17ClN2O4/c1-13-20(23(25)26)19(27-22-13)12-16(14-7-9-17(21)10-8-14)11-18(24)15-5-3-2-4-6-15/h2-10,16H,11-12H2,1H3/t16-/m0/s1. The summed E-state index contributed by atoms with van der Waals surface area (Å²) in [7, 11) is 0. The Morgan fingerprint density at radius 3 is 2.48 bits per heavy atom. The molecule has 6 nitrogen and oxygen atoms in total. The molecule has 7 heteroatoms. The van der Waals surface area contributed by atoms with Gasteiger partial charge < -0.3 is 4.52 Å². The summed E-state index contributed by atoms with van der Waals surface area (Å²) < 4.78 is 5.19. The maximum Gasteiger partial charge on any atom is 0.334 e. The molecular formula is C20H17ClN2O4. The van der Waals surface area contributed by atoms with Gasteiger partial charge in [-0.25, -0.2) is 0 Å². The number of Topliss-reactive ketones (excluding diaryl/α,β-unsaturated/α-hetero) is 1. The zero-order valence-electron chi connectivity index (χ0n) is 14.6. The van der Waals surface area contributed by atoms with Gasteiger partial charge in [-0.1, -0.05) is 59.2 Å². The molecule has 2 aromatic carbocycles. The Kier molecular flexibility index (Phi) is 5.66. The van der Waals surface area contributed by atoms with Gasteiger partial charge in [0.15, 0.2) is 11.5 Å². The number of aromatic nitrogens is 1. The van der Waals surface area contributed by atoms with Gasteiger partial charge in [0.2, 0.25) is 5.76 Å². The van der Waals surface area contributed by atoms with E-state index < -0.39 is 4.92 Å². The lowest BCUT2D eigenvalue weighted by atomic mass is 9.88. The summed E-state index contributed by atoms with van der Waals surface area (Å²) in [5.74, 6) is -0.186. The van der Waals surface area contributed by atoms with E-state index in [0.29, 0.717) is 10.6 Å². The van der Waals surface area contributed by atoms with E-state index in [1.807, 2.05) is 18.2 Å². The Labute approximate surface area is 160 Å². The van der Waals surface area contributed by atoms with Crippen LogP contribution in [0.4, 0.5) is 5.69 Å². The Balaban J connectivity index is 1.92. The number of carbonyl (C=O) groups excluding carboxylic acids is 1. The van der Waals surface area contributed by atoms with Crippen LogP contribution in [0, 0.1) is 17.0 Å². The van der Waals surface area contributed by atoms with Crippen LogP contribution in [-0.4, -0.2) is 15.9 Å². The van der Waals surface area contributed by atoms with Crippen LogP contribution in [0.2, 0.25) is 5.02 Å². The molecule has 0 spiro atoms. The smallest absolute Gasteiger partial charge is 0.334 e. The van der Waals surface area contributed by atoms with E-state index in [4.69, 9.17) is 16.1 Å². The molecule has 1 aromatic heterocycles. The maximum absolute atomic E-state index is 12.7. The van der Waals surface area contributed by atoms with Crippen LogP contribution < -0.4 is 0 Å². The predicted molar refractivity (Wildman–Crippen MR) is 101 cm³/mol. The Bertz CT molecular complexity index is 952. The van der Waals surface area contributed by atoms with Crippen molar-refractivity contribution in [3.8, 4) is 0 Å². The maximum atomic E-state index is 12.7. The summed E-state index contributed by atoms with van der Waals surface area (Å²) in [4.78, 5) is 23.5. The topological polar surface area (TPSA) is 86.2 Å². The van der Waals surface area contributed by atoms with Crippen LogP contribution in [0.5, 0.6) is 0 Å². The van der Waals surface area contributed by atoms with E-state index in [1.54, 1.807) is 36.4 Å². The highest BCUT2D eigenvalue weighted by atomic mass is 35.5. The van der Waals surface area contributed by atoms with Gasteiger partial charge >= 0.3 is 5.69 Å². The molecule has 0 fully saturated rings. The van der Waals surface area contributed by atoms with E-state index in [2.05, 4.69) is 5.16 Å². The van der Waals surface area contributed by atoms with Gasteiger partial charge in [-0.2, -0.15) is 0 Å². The number of nitrogens with zero attached hydrogens (tertiary/aromatic N) is 2. The van der Waals surface area contributed by atoms with Crippen molar-refractivity contribution in [3.05, 3.63) is 92.3 Å². The second-order valence-electron chi connectivity index (χ2n) is 6.24. The molecule has 0 radical (unpaired) electrons. The zero-order valence-corrected chi connectivity index (χ0v) is 15.3. The van der Waals surface area contributed by atoms with Gasteiger partial charge in [-0.3, -0.25) is 14.9 Å². The Morgan fingerprint density at radius 1 is 1.19 bits per heavy atom. The van der Waals surface area contributed by atoms with Crippen LogP contribution in [0.15, 0.2) is 59.1 Å². The lowest BCUT2D eigenvalue weighted by molar-refractivity contribution is -0.386. The summed E-state index contributed by atoms with van der Waals surface area (Å²) >= 11 is 5.96. The molecule has 0 aliphatic heterocycles. The third-order valence-corrected chi connectivity index (χ3v) is 4.63. The third kappa shape index (κ3) is 4.41. The van der Waals surface area contributed by atoms with E-state index in [9.17, 15) is 14.9 Å². The largest absolute Gasteiger partial charge is 0.354 e. The second-order valence-corrected chi connectivity index (χ2v) is 6.68. The number of hydrogen-bond acceptors (Lipinski definition) is 5. The number of ketones is 1. The fraction of sp³-hybridized carbons (Fsp3) is 0.200. The SMILES string of the molecule is Cc1noc(C[C@H](CC(=O)c2ccccc2)c2ccc(Cl)cc2)c1[N+](=O)[O-]. The first-order chi connectivity index (χ1) is 13.0. The highest BCUT2D eigenvalue weighted by Gasteiger charge is 2.28. The molecule has 0 N–H and O–H groups in total. The molecule has 1 heterocycles. The summed E-state index contributed by atoms with van der Waals surface area (Å²) in [5, 5.41) is 15.6. The van der Waals surface area contributed by atoms with E-state index in [0.717, 1.165) is 5.56 Å². The highest BCUT2D eigenvalue weighted by molar-refractivity contribution is 6.30. The molecule has 27 heavy (non-hydrogen) atoms. The van der Waals surface area contributed by atoms with Crippen molar-refractivity contribution < 1.29 is 14.2 Å². The first-order valence-electron chi connectivity index (χ1n) is 8.39. The van der Waals surface area contributed by atoms with Gasteiger partial charge in [0.25, 0.3) is 0 Å². The molecule has 1 atom stereocenters. The molecule has 0 saturated carbocycles. The summed E-state index contributed by atoms with van der Waals surface area (Å²) in [5.41, 5.74) is 1.53. The average molecular weight is 385 g/mol. The van der Waals surface area contributed by atoms with Crippen molar-refractivity contribution in [1.82, 2.24) is 5.16 Å². The minimum absolute atomic E-state index is 0.0468. The van der Waals surface area contributed by atoms with Crippen LogP contribution in [-0.2, 0) is 6.42 Å². The molecule has 0 aliphatic carbocycles. The minimum atomic E-state index is -0.501. The van der Waals surface area contributed by atoms with Crippen molar-refractivity contribution >= 4 is 23.1 Å². The summed E-state index contributed by atoms with van der Waals surface area (Å²) in [6.07, 6.45) is 0.375. The monoisotopic (exact) mass is 384 g/mol. The minimum Gasteiger partial charge on any atom is -0.354 e. The van der Waals surface area contributed by atoms with Gasteiger partial charge in [0.05, 0.1) is 4.92 Å². The van der Waals surface area contributed by atoms with Crippen LogP contribution in [0.1, 0.15) is 39.7 Å². The number of halogens is 1. The first kappa shape index (κ1) is 18.8. The number of nitro groups is 1. The number of carbonyl (C=O) groups is 1. The van der Waals surface area contributed by atoms with Gasteiger partial charge in [0, 0.05) is 23.4 Å². The highest BCUT2D eigenvalue weighted by Crippen LogP contribution is 2.32. The molecular weight excluding hydrogens is 368 g/mol. The third-order valence-electron chi connectivity index (χ3n) is 4.38. The Morgan fingerprint density at radius 2 is 1.85 bits per heavy atom. The van der Waals surface area contributed by atoms with Crippen LogP contribution in [0.25, 0.3) is 0 Å². The van der Waals surface area contributed by atoms with Crippen LogP contribution in [0.3, 0.4) is 0 Å². The van der Waals surface area contributed by atoms with Crippen molar-refractivity contribution in [2.75, 3.05) is 0 Å². The quantitative estimate of drug-likeness (QED) is 0.319. The van der Waals surface area contributed by atoms with Gasteiger partial charge in [-0.15, -0.1) is 0 Å².